The first-order valence-corrected chi connectivity index (χ1v) is 12.2. The number of anilines is 4. The van der Waals surface area contributed by atoms with Gasteiger partial charge in [0.15, 0.2) is 19.7 Å². The van der Waals surface area contributed by atoms with E-state index in [4.69, 9.17) is 0 Å². The second-order valence-electron chi connectivity index (χ2n) is 6.56. The maximum atomic E-state index is 11.9. The molecule has 0 bridgehead atoms. The number of nitrogens with one attached hydrogen (secondary N) is 3. The van der Waals surface area contributed by atoms with E-state index in [9.17, 15) is 16.8 Å². The smallest absolute Gasteiger partial charge is 0.229 e. The molecule has 0 unspecified atom stereocenters. The van der Waals surface area contributed by atoms with Gasteiger partial charge in [0.25, 0.3) is 0 Å². The average molecular weight is 437 g/mol. The molecule has 10 nitrogen and oxygen atoms in total. The maximum Gasteiger partial charge on any atom is 0.229 e. The highest BCUT2D eigenvalue weighted by Gasteiger charge is 2.16. The summed E-state index contributed by atoms with van der Waals surface area (Å²) in [6.07, 6.45) is 3.52. The first-order valence-electron chi connectivity index (χ1n) is 8.37. The van der Waals surface area contributed by atoms with Crippen molar-refractivity contribution in [2.75, 3.05) is 23.1 Å². The first kappa shape index (κ1) is 20.7. The highest BCUT2D eigenvalue weighted by Crippen LogP contribution is 2.25. The van der Waals surface area contributed by atoms with Gasteiger partial charge in [-0.1, -0.05) is 0 Å². The minimum Gasteiger partial charge on any atom is -0.325 e. The standard InChI is InChI=1S/C17H20N6O4S2/c1-10-11(2)22-23-16(10)20-15-5-6-18-17(21-15)19-12-7-13(28(3,24)25)9-14(8-12)29(4,26)27/h5-9H,1-4H3,(H3,18,19,20,21,22,23). The summed E-state index contributed by atoms with van der Waals surface area (Å²) in [7, 11) is -7.24. The fourth-order valence-electron chi connectivity index (χ4n) is 2.43. The van der Waals surface area contributed by atoms with Crippen molar-refractivity contribution in [1.29, 1.82) is 0 Å². The predicted octanol–water partition coefficient (Wildman–Crippen LogP) is 2.11. The number of nitrogens with zero attached hydrogens (tertiary/aromatic N) is 3. The van der Waals surface area contributed by atoms with Gasteiger partial charge in [-0.3, -0.25) is 5.10 Å². The lowest BCUT2D eigenvalue weighted by Gasteiger charge is -2.11. The van der Waals surface area contributed by atoms with Crippen molar-refractivity contribution in [1.82, 2.24) is 20.2 Å². The zero-order valence-corrected chi connectivity index (χ0v) is 17.8. The van der Waals surface area contributed by atoms with Gasteiger partial charge >= 0.3 is 0 Å². The topological polar surface area (TPSA) is 147 Å². The summed E-state index contributed by atoms with van der Waals surface area (Å²) in [6.45, 7) is 3.78. The van der Waals surface area contributed by atoms with Gasteiger partial charge in [-0.2, -0.15) is 10.1 Å². The molecule has 0 aliphatic heterocycles. The molecular weight excluding hydrogens is 416 g/mol. The molecule has 3 rings (SSSR count). The Kier molecular flexibility index (Phi) is 5.32. The van der Waals surface area contributed by atoms with Crippen LogP contribution in [-0.4, -0.2) is 49.5 Å². The van der Waals surface area contributed by atoms with Crippen LogP contribution < -0.4 is 10.6 Å². The number of sulfone groups is 2. The molecule has 2 heterocycles. The van der Waals surface area contributed by atoms with E-state index < -0.39 is 19.7 Å². The zero-order chi connectivity index (χ0) is 21.4. The molecule has 154 valence electrons. The van der Waals surface area contributed by atoms with E-state index in [-0.39, 0.29) is 21.4 Å². The molecule has 0 radical (unpaired) electrons. The number of aryl methyl sites for hydroxylation is 1. The predicted molar refractivity (Wildman–Crippen MR) is 109 cm³/mol. The van der Waals surface area contributed by atoms with Crippen molar-refractivity contribution in [3.05, 3.63) is 41.7 Å². The van der Waals surface area contributed by atoms with Crippen LogP contribution in [0.5, 0.6) is 0 Å². The van der Waals surface area contributed by atoms with Crippen molar-refractivity contribution in [2.45, 2.75) is 23.6 Å². The molecule has 0 saturated heterocycles. The quantitative estimate of drug-likeness (QED) is 0.528. The summed E-state index contributed by atoms with van der Waals surface area (Å²) in [6, 6.07) is 5.43. The Morgan fingerprint density at radius 1 is 0.931 bits per heavy atom. The molecule has 3 N–H and O–H groups in total. The number of H-pyrrole nitrogens is 1. The summed E-state index contributed by atoms with van der Waals surface area (Å²) < 4.78 is 47.7. The van der Waals surface area contributed by atoms with Crippen LogP contribution in [-0.2, 0) is 19.7 Å². The van der Waals surface area contributed by atoms with Crippen molar-refractivity contribution >= 4 is 42.9 Å². The number of hydrogen-bond donors (Lipinski definition) is 3. The summed E-state index contributed by atoms with van der Waals surface area (Å²) in [5, 5.41) is 12.9. The van der Waals surface area contributed by atoms with Gasteiger partial charge in [0.1, 0.15) is 11.6 Å². The van der Waals surface area contributed by atoms with E-state index in [0.29, 0.717) is 11.6 Å². The van der Waals surface area contributed by atoms with E-state index in [1.54, 1.807) is 6.07 Å². The van der Waals surface area contributed by atoms with Gasteiger partial charge in [-0.25, -0.2) is 21.8 Å². The van der Waals surface area contributed by atoms with Gasteiger partial charge in [0, 0.05) is 30.0 Å². The Labute approximate surface area is 168 Å². The van der Waals surface area contributed by atoms with E-state index in [2.05, 4.69) is 30.8 Å². The van der Waals surface area contributed by atoms with Crippen molar-refractivity contribution in [2.24, 2.45) is 0 Å². The Balaban J connectivity index is 1.95. The molecule has 1 aromatic carbocycles. The third-order valence-corrected chi connectivity index (χ3v) is 6.34. The first-order chi connectivity index (χ1) is 13.4. The Bertz CT molecular complexity index is 1230. The largest absolute Gasteiger partial charge is 0.325 e. The summed E-state index contributed by atoms with van der Waals surface area (Å²) >= 11 is 0. The second-order valence-corrected chi connectivity index (χ2v) is 10.6. The third kappa shape index (κ3) is 4.90. The van der Waals surface area contributed by atoms with Crippen LogP contribution in [0.3, 0.4) is 0 Å². The maximum absolute atomic E-state index is 11.9. The van der Waals surface area contributed by atoms with E-state index in [1.165, 1.54) is 18.3 Å². The molecule has 0 spiro atoms. The summed E-state index contributed by atoms with van der Waals surface area (Å²) in [5.74, 6) is 1.32. The Hall–Kier alpha value is -2.99. The second kappa shape index (κ2) is 7.44. The molecule has 0 amide bonds. The monoisotopic (exact) mass is 436 g/mol. The Morgan fingerprint density at radius 2 is 1.55 bits per heavy atom. The van der Waals surface area contributed by atoms with Gasteiger partial charge in [-0.15, -0.1) is 0 Å². The summed E-state index contributed by atoms with van der Waals surface area (Å²) in [4.78, 5) is 8.17. The molecule has 0 atom stereocenters. The molecule has 0 aliphatic carbocycles. The molecule has 12 heteroatoms. The third-order valence-electron chi connectivity index (χ3n) is 4.15. The Morgan fingerprint density at radius 3 is 2.07 bits per heavy atom. The molecule has 0 fully saturated rings. The molecule has 2 aromatic heterocycles. The molecule has 0 saturated carbocycles. The number of rotatable bonds is 6. The fourth-order valence-corrected chi connectivity index (χ4v) is 3.87. The van der Waals surface area contributed by atoms with Crippen LogP contribution in [0.1, 0.15) is 11.3 Å². The van der Waals surface area contributed by atoms with Crippen LogP contribution in [0.4, 0.5) is 23.3 Å². The van der Waals surface area contributed by atoms with Crippen LogP contribution in [0.25, 0.3) is 0 Å². The van der Waals surface area contributed by atoms with E-state index >= 15 is 0 Å². The average Bonchev–Trinajstić information content (AvgIpc) is 2.92. The fraction of sp³-hybridized carbons (Fsp3) is 0.235. The number of benzene rings is 1. The molecule has 3 aromatic rings. The number of aromatic amines is 1. The highest BCUT2D eigenvalue weighted by molar-refractivity contribution is 7.91. The van der Waals surface area contributed by atoms with E-state index in [0.717, 1.165) is 29.8 Å². The van der Waals surface area contributed by atoms with Crippen molar-refractivity contribution in [3.63, 3.8) is 0 Å². The lowest BCUT2D eigenvalue weighted by molar-refractivity contribution is 0.600. The van der Waals surface area contributed by atoms with Gasteiger partial charge in [0.05, 0.1) is 15.5 Å². The molecular formula is C17H20N6O4S2. The SMILES string of the molecule is Cc1n[nH]c(Nc2ccnc(Nc3cc(S(C)(=O)=O)cc(S(C)(=O)=O)c3)n2)c1C. The summed E-state index contributed by atoms with van der Waals surface area (Å²) in [5.41, 5.74) is 2.03. The van der Waals surface area contributed by atoms with Crippen LogP contribution in [0.2, 0.25) is 0 Å². The van der Waals surface area contributed by atoms with Crippen LogP contribution in [0, 0.1) is 13.8 Å². The number of hydrogen-bond acceptors (Lipinski definition) is 9. The lowest BCUT2D eigenvalue weighted by Crippen LogP contribution is -2.06. The van der Waals surface area contributed by atoms with Crippen molar-refractivity contribution in [3.8, 4) is 0 Å². The normalized spacial score (nSPS) is 12.0. The van der Waals surface area contributed by atoms with E-state index in [1.807, 2.05) is 13.8 Å². The lowest BCUT2D eigenvalue weighted by atomic mass is 10.3. The van der Waals surface area contributed by atoms with Crippen molar-refractivity contribution < 1.29 is 16.8 Å². The molecule has 29 heavy (non-hydrogen) atoms. The minimum atomic E-state index is -3.62. The minimum absolute atomic E-state index is 0.124. The number of aromatic nitrogens is 4. The van der Waals surface area contributed by atoms with Gasteiger partial charge in [0.2, 0.25) is 5.95 Å². The van der Waals surface area contributed by atoms with Crippen LogP contribution >= 0.6 is 0 Å². The van der Waals surface area contributed by atoms with Gasteiger partial charge in [-0.05, 0) is 38.1 Å². The van der Waals surface area contributed by atoms with Gasteiger partial charge < -0.3 is 10.6 Å². The highest BCUT2D eigenvalue weighted by atomic mass is 32.2. The van der Waals surface area contributed by atoms with Crippen LogP contribution in [0.15, 0.2) is 40.3 Å². The molecule has 0 aliphatic rings. The zero-order valence-electron chi connectivity index (χ0n) is 16.2.